The number of carbonyl (C=O) groups excluding carboxylic acids is 1. The van der Waals surface area contributed by atoms with E-state index in [1.54, 1.807) is 29.3 Å². The number of rotatable bonds is 5. The van der Waals surface area contributed by atoms with Crippen LogP contribution in [0.15, 0.2) is 53.3 Å². The van der Waals surface area contributed by atoms with Crippen molar-refractivity contribution in [2.75, 3.05) is 5.32 Å². The molecule has 1 amide bonds. The topological polar surface area (TPSA) is 73.0 Å². The van der Waals surface area contributed by atoms with Crippen LogP contribution < -0.4 is 5.32 Å². The van der Waals surface area contributed by atoms with E-state index < -0.39 is 0 Å². The van der Waals surface area contributed by atoms with Crippen molar-refractivity contribution in [3.05, 3.63) is 54.7 Å². The van der Waals surface area contributed by atoms with Gasteiger partial charge in [-0.3, -0.25) is 9.48 Å². The Hall–Kier alpha value is -2.89. The molecule has 0 radical (unpaired) electrons. The first kappa shape index (κ1) is 15.0. The van der Waals surface area contributed by atoms with Gasteiger partial charge in [-0.15, -0.1) is 0 Å². The highest BCUT2D eigenvalue weighted by atomic mass is 16.4. The van der Waals surface area contributed by atoms with Gasteiger partial charge in [-0.1, -0.05) is 13.8 Å². The molecule has 0 bridgehead atoms. The molecule has 1 N–H and O–H groups in total. The Morgan fingerprint density at radius 1 is 1.30 bits per heavy atom. The van der Waals surface area contributed by atoms with Crippen LogP contribution in [0.3, 0.4) is 0 Å². The molecule has 0 spiro atoms. The van der Waals surface area contributed by atoms with E-state index >= 15 is 0 Å². The molecule has 0 aliphatic carbocycles. The second-order valence-electron chi connectivity index (χ2n) is 5.55. The monoisotopic (exact) mass is 310 g/mol. The summed E-state index contributed by atoms with van der Waals surface area (Å²) in [4.78, 5) is 16.2. The number of benzene rings is 1. The molecule has 0 saturated carbocycles. The molecule has 0 atom stereocenters. The van der Waals surface area contributed by atoms with Gasteiger partial charge in [0.25, 0.3) is 0 Å². The summed E-state index contributed by atoms with van der Waals surface area (Å²) in [6, 6.07) is 9.19. The summed E-state index contributed by atoms with van der Waals surface area (Å²) in [6.07, 6.45) is 5.14. The van der Waals surface area contributed by atoms with E-state index in [9.17, 15) is 4.79 Å². The van der Waals surface area contributed by atoms with E-state index in [0.29, 0.717) is 11.8 Å². The van der Waals surface area contributed by atoms with Gasteiger partial charge in [0.1, 0.15) is 12.3 Å². The second kappa shape index (κ2) is 6.48. The third-order valence-corrected chi connectivity index (χ3v) is 3.37. The highest BCUT2D eigenvalue weighted by molar-refractivity contribution is 5.90. The summed E-state index contributed by atoms with van der Waals surface area (Å²) in [5.41, 5.74) is 1.60. The standard InChI is InChI=1S/C17H18N4O2/c1-12(2)15-10-18-17(23-15)13-4-6-14(7-5-13)20-16(22)11-21-9-3-8-19-21/h3-10,12H,11H2,1-2H3,(H,20,22). The summed E-state index contributed by atoms with van der Waals surface area (Å²) < 4.78 is 7.29. The summed E-state index contributed by atoms with van der Waals surface area (Å²) in [7, 11) is 0. The number of hydrogen-bond acceptors (Lipinski definition) is 4. The van der Waals surface area contributed by atoms with Crippen LogP contribution in [0.4, 0.5) is 5.69 Å². The molecule has 0 aliphatic heterocycles. The molecule has 6 heteroatoms. The molecule has 0 saturated heterocycles. The van der Waals surface area contributed by atoms with Crippen LogP contribution >= 0.6 is 0 Å². The fourth-order valence-corrected chi connectivity index (χ4v) is 2.12. The summed E-state index contributed by atoms with van der Waals surface area (Å²) >= 11 is 0. The van der Waals surface area contributed by atoms with E-state index in [1.807, 2.05) is 24.3 Å². The Morgan fingerprint density at radius 3 is 2.70 bits per heavy atom. The van der Waals surface area contributed by atoms with E-state index in [-0.39, 0.29) is 12.5 Å². The lowest BCUT2D eigenvalue weighted by molar-refractivity contribution is -0.116. The highest BCUT2D eigenvalue weighted by Crippen LogP contribution is 2.24. The van der Waals surface area contributed by atoms with Crippen LogP contribution in [-0.4, -0.2) is 20.7 Å². The van der Waals surface area contributed by atoms with Crippen molar-refractivity contribution in [2.45, 2.75) is 26.3 Å². The van der Waals surface area contributed by atoms with Gasteiger partial charge in [0.05, 0.1) is 6.20 Å². The number of nitrogens with one attached hydrogen (secondary N) is 1. The molecule has 0 aliphatic rings. The number of oxazole rings is 1. The Bertz CT molecular complexity index is 773. The third-order valence-electron chi connectivity index (χ3n) is 3.37. The maximum Gasteiger partial charge on any atom is 0.246 e. The summed E-state index contributed by atoms with van der Waals surface area (Å²) in [6.45, 7) is 4.30. The molecule has 23 heavy (non-hydrogen) atoms. The minimum Gasteiger partial charge on any atom is -0.441 e. The molecule has 0 fully saturated rings. The first-order chi connectivity index (χ1) is 11.1. The SMILES string of the molecule is CC(C)c1cnc(-c2ccc(NC(=O)Cn3cccn3)cc2)o1. The molecule has 118 valence electrons. The van der Waals surface area contributed by atoms with Crippen molar-refractivity contribution in [3.63, 3.8) is 0 Å². The quantitative estimate of drug-likeness (QED) is 0.784. The molecule has 6 nitrogen and oxygen atoms in total. The molecular weight excluding hydrogens is 292 g/mol. The lowest BCUT2D eigenvalue weighted by Gasteiger charge is -2.06. The third kappa shape index (κ3) is 3.66. The summed E-state index contributed by atoms with van der Waals surface area (Å²) in [5, 5.41) is 6.83. The molecule has 2 heterocycles. The van der Waals surface area contributed by atoms with Gasteiger partial charge in [0.15, 0.2) is 0 Å². The lowest BCUT2D eigenvalue weighted by atomic mass is 10.2. The fraction of sp³-hybridized carbons (Fsp3) is 0.235. The first-order valence-corrected chi connectivity index (χ1v) is 7.45. The number of nitrogens with zero attached hydrogens (tertiary/aromatic N) is 3. The molecular formula is C17H18N4O2. The maximum atomic E-state index is 11.9. The van der Waals surface area contributed by atoms with Gasteiger partial charge in [-0.25, -0.2) is 4.98 Å². The number of aromatic nitrogens is 3. The molecule has 1 aromatic carbocycles. The Labute approximate surface area is 134 Å². The smallest absolute Gasteiger partial charge is 0.246 e. The number of amides is 1. The van der Waals surface area contributed by atoms with Crippen molar-refractivity contribution in [1.82, 2.24) is 14.8 Å². The van der Waals surface area contributed by atoms with Gasteiger partial charge in [0, 0.05) is 29.6 Å². The van der Waals surface area contributed by atoms with E-state index in [0.717, 1.165) is 17.0 Å². The van der Waals surface area contributed by atoms with Crippen molar-refractivity contribution < 1.29 is 9.21 Å². The zero-order valence-electron chi connectivity index (χ0n) is 13.1. The van der Waals surface area contributed by atoms with Gasteiger partial charge in [-0.05, 0) is 30.3 Å². The second-order valence-corrected chi connectivity index (χ2v) is 5.55. The van der Waals surface area contributed by atoms with Gasteiger partial charge >= 0.3 is 0 Å². The van der Waals surface area contributed by atoms with Crippen molar-refractivity contribution >= 4 is 11.6 Å². The van der Waals surface area contributed by atoms with Crippen LogP contribution in [0.5, 0.6) is 0 Å². The van der Waals surface area contributed by atoms with Crippen LogP contribution in [-0.2, 0) is 11.3 Å². The van der Waals surface area contributed by atoms with Crippen LogP contribution in [0.1, 0.15) is 25.5 Å². The lowest BCUT2D eigenvalue weighted by Crippen LogP contribution is -2.18. The van der Waals surface area contributed by atoms with Crippen molar-refractivity contribution in [3.8, 4) is 11.5 Å². The Balaban J connectivity index is 1.65. The fourth-order valence-electron chi connectivity index (χ4n) is 2.12. The van der Waals surface area contributed by atoms with E-state index in [4.69, 9.17) is 4.42 Å². The van der Waals surface area contributed by atoms with Crippen LogP contribution in [0, 0.1) is 0 Å². The molecule has 3 rings (SSSR count). The van der Waals surface area contributed by atoms with Crippen molar-refractivity contribution in [1.29, 1.82) is 0 Å². The van der Waals surface area contributed by atoms with Crippen molar-refractivity contribution in [2.24, 2.45) is 0 Å². The largest absolute Gasteiger partial charge is 0.441 e. The molecule has 2 aromatic heterocycles. The van der Waals surface area contributed by atoms with E-state index in [2.05, 4.69) is 29.2 Å². The van der Waals surface area contributed by atoms with Gasteiger partial charge < -0.3 is 9.73 Å². The Kier molecular flexibility index (Phi) is 4.23. The first-order valence-electron chi connectivity index (χ1n) is 7.45. The average molecular weight is 310 g/mol. The predicted molar refractivity (Wildman–Crippen MR) is 86.9 cm³/mol. The number of carbonyl (C=O) groups is 1. The minimum absolute atomic E-state index is 0.125. The Morgan fingerprint density at radius 2 is 2.09 bits per heavy atom. The number of hydrogen-bond donors (Lipinski definition) is 1. The van der Waals surface area contributed by atoms with Gasteiger partial charge in [0.2, 0.25) is 11.8 Å². The normalized spacial score (nSPS) is 10.9. The highest BCUT2D eigenvalue weighted by Gasteiger charge is 2.10. The zero-order valence-corrected chi connectivity index (χ0v) is 13.1. The predicted octanol–water partition coefficient (Wildman–Crippen LogP) is 3.30. The molecule has 0 unspecified atom stereocenters. The average Bonchev–Trinajstić information content (AvgIpc) is 3.19. The van der Waals surface area contributed by atoms with Crippen LogP contribution in [0.25, 0.3) is 11.5 Å². The van der Waals surface area contributed by atoms with Gasteiger partial charge in [-0.2, -0.15) is 5.10 Å². The zero-order chi connectivity index (χ0) is 16.2. The maximum absolute atomic E-state index is 11.9. The van der Waals surface area contributed by atoms with E-state index in [1.165, 1.54) is 0 Å². The summed E-state index contributed by atoms with van der Waals surface area (Å²) in [5.74, 6) is 1.62. The minimum atomic E-state index is -0.125. The molecule has 3 aromatic rings. The number of anilines is 1. The van der Waals surface area contributed by atoms with Crippen LogP contribution in [0.2, 0.25) is 0 Å².